The summed E-state index contributed by atoms with van der Waals surface area (Å²) in [7, 11) is -1.01. The van der Waals surface area contributed by atoms with E-state index in [-0.39, 0.29) is 16.5 Å². The van der Waals surface area contributed by atoms with Crippen LogP contribution in [0.3, 0.4) is 0 Å². The molecule has 1 heterocycles. The van der Waals surface area contributed by atoms with Gasteiger partial charge < -0.3 is 10.5 Å². The lowest BCUT2D eigenvalue weighted by Crippen LogP contribution is -2.37. The van der Waals surface area contributed by atoms with E-state index in [1.54, 1.807) is 18.8 Å². The van der Waals surface area contributed by atoms with Crippen LogP contribution in [0.15, 0.2) is 23.1 Å². The van der Waals surface area contributed by atoms with Crippen LogP contribution >= 0.6 is 11.8 Å². The van der Waals surface area contributed by atoms with Crippen molar-refractivity contribution in [3.63, 3.8) is 0 Å². The number of nitrogens with two attached hydrogens (primary N) is 1. The number of methoxy groups -OCH3 is 1. The van der Waals surface area contributed by atoms with Crippen LogP contribution in [0.1, 0.15) is 16.8 Å². The van der Waals surface area contributed by atoms with Gasteiger partial charge in [0.2, 0.25) is 10.0 Å². The highest BCUT2D eigenvalue weighted by Gasteiger charge is 2.33. The number of thioether (sulfide) groups is 1. The Hall–Kier alpha value is -1.25. The van der Waals surface area contributed by atoms with Crippen molar-refractivity contribution in [3.05, 3.63) is 23.8 Å². The quantitative estimate of drug-likeness (QED) is 0.659. The predicted octanol–water partition coefficient (Wildman–Crippen LogP) is 1.18. The molecule has 116 valence electrons. The smallest absolute Gasteiger partial charge is 0.339 e. The molecule has 1 aromatic carbocycles. The zero-order valence-electron chi connectivity index (χ0n) is 11.9. The normalized spacial score (nSPS) is 18.9. The Kier molecular flexibility index (Phi) is 4.80. The van der Waals surface area contributed by atoms with Gasteiger partial charge in [0.05, 0.1) is 17.6 Å². The number of hydrogen-bond donors (Lipinski definition) is 1. The van der Waals surface area contributed by atoms with E-state index in [0.29, 0.717) is 5.69 Å². The molecular formula is C13H18N2O4S2. The van der Waals surface area contributed by atoms with Gasteiger partial charge in [-0.3, -0.25) is 0 Å². The predicted molar refractivity (Wildman–Crippen MR) is 82.9 cm³/mol. The summed E-state index contributed by atoms with van der Waals surface area (Å²) in [5.41, 5.74) is 5.92. The second kappa shape index (κ2) is 6.25. The number of nitrogen functional groups attached to an aromatic ring is 1. The van der Waals surface area contributed by atoms with E-state index in [9.17, 15) is 13.2 Å². The third kappa shape index (κ3) is 3.17. The number of carbonyl (C=O) groups excluding carboxylic acids is 1. The van der Waals surface area contributed by atoms with Crippen molar-refractivity contribution >= 4 is 33.4 Å². The molecule has 6 nitrogen and oxygen atoms in total. The molecule has 1 aromatic rings. The van der Waals surface area contributed by atoms with Gasteiger partial charge in [-0.1, -0.05) is 0 Å². The molecule has 1 aliphatic rings. The maximum absolute atomic E-state index is 12.7. The number of carbonyl (C=O) groups is 1. The largest absolute Gasteiger partial charge is 0.465 e. The molecule has 0 bridgehead atoms. The van der Waals surface area contributed by atoms with E-state index < -0.39 is 16.0 Å². The first-order valence-corrected chi connectivity index (χ1v) is 9.01. The van der Waals surface area contributed by atoms with Crippen LogP contribution in [0.2, 0.25) is 0 Å². The fourth-order valence-electron chi connectivity index (χ4n) is 2.20. The molecule has 8 heteroatoms. The first-order valence-electron chi connectivity index (χ1n) is 6.41. The molecular weight excluding hydrogens is 312 g/mol. The summed E-state index contributed by atoms with van der Waals surface area (Å²) in [6, 6.07) is 4.10. The zero-order valence-corrected chi connectivity index (χ0v) is 13.5. The first-order chi connectivity index (χ1) is 9.87. The molecule has 0 radical (unpaired) electrons. The van der Waals surface area contributed by atoms with E-state index in [1.165, 1.54) is 29.6 Å². The van der Waals surface area contributed by atoms with Crippen molar-refractivity contribution < 1.29 is 17.9 Å². The highest BCUT2D eigenvalue weighted by Crippen LogP contribution is 2.28. The Morgan fingerprint density at radius 3 is 2.76 bits per heavy atom. The lowest BCUT2D eigenvalue weighted by Gasteiger charge is -2.24. The van der Waals surface area contributed by atoms with Gasteiger partial charge in [0.1, 0.15) is 0 Å². The third-order valence-corrected chi connectivity index (χ3v) is 6.60. The minimum absolute atomic E-state index is 0.0324. The molecule has 0 aromatic heterocycles. The monoisotopic (exact) mass is 330 g/mol. The van der Waals surface area contributed by atoms with Crippen LogP contribution in [0.4, 0.5) is 5.69 Å². The van der Waals surface area contributed by atoms with E-state index in [4.69, 9.17) is 5.73 Å². The fourth-order valence-corrected chi connectivity index (χ4v) is 5.11. The number of hydrogen-bond acceptors (Lipinski definition) is 6. The van der Waals surface area contributed by atoms with Crippen LogP contribution in [-0.2, 0) is 14.8 Å². The van der Waals surface area contributed by atoms with Crippen molar-refractivity contribution in [2.24, 2.45) is 0 Å². The van der Waals surface area contributed by atoms with Crippen LogP contribution in [-0.4, -0.2) is 50.4 Å². The molecule has 1 fully saturated rings. The molecule has 0 spiro atoms. The maximum atomic E-state index is 12.7. The van der Waals surface area contributed by atoms with Crippen LogP contribution in [0.5, 0.6) is 0 Å². The van der Waals surface area contributed by atoms with Crippen molar-refractivity contribution in [1.82, 2.24) is 4.31 Å². The summed E-state index contributed by atoms with van der Waals surface area (Å²) in [4.78, 5) is 11.7. The molecule has 1 aliphatic heterocycles. The van der Waals surface area contributed by atoms with E-state index >= 15 is 0 Å². The molecule has 0 aliphatic carbocycles. The molecule has 1 unspecified atom stereocenters. The van der Waals surface area contributed by atoms with Gasteiger partial charge in [-0.05, 0) is 30.4 Å². The number of rotatable bonds is 4. The van der Waals surface area contributed by atoms with Crippen LogP contribution < -0.4 is 5.73 Å². The summed E-state index contributed by atoms with van der Waals surface area (Å²) >= 11 is 1.72. The minimum atomic E-state index is -3.76. The van der Waals surface area contributed by atoms with E-state index in [1.807, 2.05) is 0 Å². The molecule has 21 heavy (non-hydrogen) atoms. The van der Waals surface area contributed by atoms with Gasteiger partial charge in [-0.2, -0.15) is 16.1 Å². The molecule has 1 atom stereocenters. The molecule has 2 N–H and O–H groups in total. The van der Waals surface area contributed by atoms with Crippen LogP contribution in [0, 0.1) is 0 Å². The molecule has 0 amide bonds. The highest BCUT2D eigenvalue weighted by atomic mass is 32.2. The Bertz CT molecular complexity index is 640. The van der Waals surface area contributed by atoms with E-state index in [0.717, 1.165) is 17.9 Å². The number of benzene rings is 1. The minimum Gasteiger partial charge on any atom is -0.465 e. The number of nitrogens with zero attached hydrogens (tertiary/aromatic N) is 1. The van der Waals surface area contributed by atoms with Gasteiger partial charge >= 0.3 is 5.97 Å². The summed E-state index contributed by atoms with van der Waals surface area (Å²) < 4.78 is 31.5. The lowest BCUT2D eigenvalue weighted by atomic mass is 10.2. The molecule has 2 rings (SSSR count). The van der Waals surface area contributed by atoms with Gasteiger partial charge in [-0.25, -0.2) is 13.2 Å². The highest BCUT2D eigenvalue weighted by molar-refractivity contribution is 7.99. The molecule has 1 saturated heterocycles. The first kappa shape index (κ1) is 16.1. The maximum Gasteiger partial charge on any atom is 0.339 e. The summed E-state index contributed by atoms with van der Waals surface area (Å²) in [5, 5.41) is 0. The molecule has 0 saturated carbocycles. The SMILES string of the molecule is COC(=O)c1cc(N)ccc1S(=O)(=O)N(C)C1CCSC1. The van der Waals surface area contributed by atoms with Crippen molar-refractivity contribution in [2.75, 3.05) is 31.4 Å². The van der Waals surface area contributed by atoms with Gasteiger partial charge in [0.25, 0.3) is 0 Å². The lowest BCUT2D eigenvalue weighted by molar-refractivity contribution is 0.0596. The second-order valence-corrected chi connectivity index (χ2v) is 7.90. The van der Waals surface area contributed by atoms with Crippen LogP contribution in [0.25, 0.3) is 0 Å². The average molecular weight is 330 g/mol. The van der Waals surface area contributed by atoms with Crippen molar-refractivity contribution in [1.29, 1.82) is 0 Å². The average Bonchev–Trinajstić information content (AvgIpc) is 2.99. The Labute approximate surface area is 128 Å². The van der Waals surface area contributed by atoms with Crippen molar-refractivity contribution in [3.8, 4) is 0 Å². The standard InChI is InChI=1S/C13H18N2O4S2/c1-15(10-5-6-20-8-10)21(17,18)12-4-3-9(14)7-11(12)13(16)19-2/h3-4,7,10H,5-6,8,14H2,1-2H3. The Morgan fingerprint density at radius 1 is 1.48 bits per heavy atom. The fraction of sp³-hybridized carbons (Fsp3) is 0.462. The van der Waals surface area contributed by atoms with Crippen molar-refractivity contribution in [2.45, 2.75) is 17.4 Å². The number of esters is 1. The topological polar surface area (TPSA) is 89.7 Å². The van der Waals surface area contributed by atoms with Gasteiger partial charge in [-0.15, -0.1) is 0 Å². The van der Waals surface area contributed by atoms with Gasteiger partial charge in [0, 0.05) is 24.5 Å². The number of ether oxygens (including phenoxy) is 1. The zero-order chi connectivity index (χ0) is 15.6. The summed E-state index contributed by atoms with van der Waals surface area (Å²) in [5.74, 6) is 0.990. The van der Waals surface area contributed by atoms with Gasteiger partial charge in [0.15, 0.2) is 0 Å². The summed E-state index contributed by atoms with van der Waals surface area (Å²) in [6.07, 6.45) is 0.808. The number of sulfonamides is 1. The number of anilines is 1. The third-order valence-electron chi connectivity index (χ3n) is 3.49. The Morgan fingerprint density at radius 2 is 2.19 bits per heavy atom. The second-order valence-electron chi connectivity index (χ2n) is 4.79. The Balaban J connectivity index is 2.46. The van der Waals surface area contributed by atoms with E-state index in [2.05, 4.69) is 4.74 Å². The summed E-state index contributed by atoms with van der Waals surface area (Å²) in [6.45, 7) is 0.